The Morgan fingerprint density at radius 1 is 1.33 bits per heavy atom. The molecule has 1 N–H and O–H groups in total. The van der Waals surface area contributed by atoms with Crippen LogP contribution in [0.3, 0.4) is 0 Å². The van der Waals surface area contributed by atoms with E-state index in [0.29, 0.717) is 17.3 Å². The zero-order chi connectivity index (χ0) is 18.1. The molecule has 0 bridgehead atoms. The largest absolute Gasteiger partial charge is 0.344 e. The minimum absolute atomic E-state index is 0.0214. The number of aryl methyl sites for hydroxylation is 1. The van der Waals surface area contributed by atoms with E-state index in [1.54, 1.807) is 0 Å². The first-order valence-electron chi connectivity index (χ1n) is 8.33. The molecule has 1 aromatic carbocycles. The minimum Gasteiger partial charge on any atom is -0.344 e. The first-order valence-corrected chi connectivity index (χ1v) is 9.70. The number of rotatable bonds is 9. The molecule has 134 valence electrons. The molecule has 24 heavy (non-hydrogen) atoms. The van der Waals surface area contributed by atoms with Crippen LogP contribution < -0.4 is 5.32 Å². The predicted octanol–water partition coefficient (Wildman–Crippen LogP) is 3.89. The van der Waals surface area contributed by atoms with Crippen LogP contribution in [0.2, 0.25) is 5.02 Å². The molecule has 4 nitrogen and oxygen atoms in total. The van der Waals surface area contributed by atoms with Crippen molar-refractivity contribution in [2.45, 2.75) is 51.5 Å². The van der Waals surface area contributed by atoms with Crippen molar-refractivity contribution in [1.82, 2.24) is 10.2 Å². The SMILES string of the molecule is CCCCN(CC)C(=O)C(CSc1ccc(C)c(Cl)c1)NC(C)=O. The standard InChI is InChI=1S/C18H27ClN2O2S/c1-5-7-10-21(6-2)18(23)17(20-14(4)22)12-24-15-9-8-13(3)16(19)11-15/h8-9,11,17H,5-7,10,12H2,1-4H3,(H,20,22). The van der Waals surface area contributed by atoms with Crippen LogP contribution in [0.1, 0.15) is 39.2 Å². The van der Waals surface area contributed by atoms with E-state index in [9.17, 15) is 9.59 Å². The number of likely N-dealkylation sites (N-methyl/N-ethyl adjacent to an activating group) is 1. The number of halogens is 1. The van der Waals surface area contributed by atoms with Crippen LogP contribution in [-0.2, 0) is 9.59 Å². The van der Waals surface area contributed by atoms with E-state index in [2.05, 4.69) is 12.2 Å². The number of carbonyl (C=O) groups excluding carboxylic acids is 2. The second-order valence-electron chi connectivity index (χ2n) is 5.75. The number of hydrogen-bond acceptors (Lipinski definition) is 3. The highest BCUT2D eigenvalue weighted by Gasteiger charge is 2.24. The Morgan fingerprint density at radius 3 is 2.58 bits per heavy atom. The zero-order valence-corrected chi connectivity index (χ0v) is 16.5. The molecule has 0 fully saturated rings. The molecule has 1 unspecified atom stereocenters. The van der Waals surface area contributed by atoms with Crippen molar-refractivity contribution in [2.24, 2.45) is 0 Å². The number of amides is 2. The topological polar surface area (TPSA) is 49.4 Å². The average molecular weight is 371 g/mol. The molecule has 0 aromatic heterocycles. The van der Waals surface area contributed by atoms with Crippen molar-refractivity contribution in [1.29, 1.82) is 0 Å². The molecule has 0 saturated heterocycles. The summed E-state index contributed by atoms with van der Waals surface area (Å²) >= 11 is 7.67. The number of unbranched alkanes of at least 4 members (excludes halogenated alkanes) is 1. The van der Waals surface area contributed by atoms with Crippen LogP contribution in [0.15, 0.2) is 23.1 Å². The maximum absolute atomic E-state index is 12.7. The third-order valence-corrected chi connectivity index (χ3v) is 5.21. The summed E-state index contributed by atoms with van der Waals surface area (Å²) in [6, 6.07) is 5.31. The molecule has 0 aliphatic heterocycles. The van der Waals surface area contributed by atoms with Gasteiger partial charge >= 0.3 is 0 Å². The summed E-state index contributed by atoms with van der Waals surface area (Å²) in [5.41, 5.74) is 1.02. The minimum atomic E-state index is -0.524. The third-order valence-electron chi connectivity index (χ3n) is 3.71. The van der Waals surface area contributed by atoms with Gasteiger partial charge in [-0.05, 0) is 38.0 Å². The van der Waals surface area contributed by atoms with Gasteiger partial charge in [-0.25, -0.2) is 0 Å². The molecule has 1 aromatic rings. The average Bonchev–Trinajstić information content (AvgIpc) is 2.54. The van der Waals surface area contributed by atoms with E-state index < -0.39 is 6.04 Å². The van der Waals surface area contributed by atoms with Gasteiger partial charge < -0.3 is 10.2 Å². The molecule has 1 atom stereocenters. The van der Waals surface area contributed by atoms with Crippen molar-refractivity contribution in [3.63, 3.8) is 0 Å². The van der Waals surface area contributed by atoms with E-state index in [1.165, 1.54) is 18.7 Å². The lowest BCUT2D eigenvalue weighted by Gasteiger charge is -2.26. The highest BCUT2D eigenvalue weighted by Crippen LogP contribution is 2.25. The summed E-state index contributed by atoms with van der Waals surface area (Å²) < 4.78 is 0. The molecule has 0 spiro atoms. The maximum Gasteiger partial charge on any atom is 0.246 e. The van der Waals surface area contributed by atoms with E-state index >= 15 is 0 Å². The van der Waals surface area contributed by atoms with E-state index in [0.717, 1.165) is 29.8 Å². The summed E-state index contributed by atoms with van der Waals surface area (Å²) in [6.45, 7) is 8.83. The van der Waals surface area contributed by atoms with Crippen molar-refractivity contribution < 1.29 is 9.59 Å². The monoisotopic (exact) mass is 370 g/mol. The van der Waals surface area contributed by atoms with Gasteiger partial charge in [0.05, 0.1) is 0 Å². The number of nitrogens with zero attached hydrogens (tertiary/aromatic N) is 1. The highest BCUT2D eigenvalue weighted by molar-refractivity contribution is 7.99. The Labute approximate surface area is 154 Å². The number of nitrogens with one attached hydrogen (secondary N) is 1. The van der Waals surface area contributed by atoms with Gasteiger partial charge in [0.2, 0.25) is 11.8 Å². The second-order valence-corrected chi connectivity index (χ2v) is 7.25. The van der Waals surface area contributed by atoms with Crippen LogP contribution in [0, 0.1) is 6.92 Å². The molecule has 1 rings (SSSR count). The lowest BCUT2D eigenvalue weighted by atomic mass is 10.2. The van der Waals surface area contributed by atoms with Crippen LogP contribution in [0.4, 0.5) is 0 Å². The zero-order valence-electron chi connectivity index (χ0n) is 14.9. The van der Waals surface area contributed by atoms with Gasteiger partial charge in [0.1, 0.15) is 6.04 Å². The first-order chi connectivity index (χ1) is 11.4. The van der Waals surface area contributed by atoms with Gasteiger partial charge in [-0.1, -0.05) is 31.0 Å². The van der Waals surface area contributed by atoms with Crippen LogP contribution in [0.5, 0.6) is 0 Å². The van der Waals surface area contributed by atoms with Gasteiger partial charge in [-0.2, -0.15) is 0 Å². The molecule has 0 saturated carbocycles. The lowest BCUT2D eigenvalue weighted by Crippen LogP contribution is -2.49. The smallest absolute Gasteiger partial charge is 0.246 e. The second kappa shape index (κ2) is 10.6. The maximum atomic E-state index is 12.7. The molecule has 0 aliphatic carbocycles. The van der Waals surface area contributed by atoms with Gasteiger partial charge in [-0.3, -0.25) is 9.59 Å². The molecule has 0 radical (unpaired) electrons. The van der Waals surface area contributed by atoms with Crippen molar-refractivity contribution in [3.8, 4) is 0 Å². The Bertz CT molecular complexity index is 566. The Kier molecular flexibility index (Phi) is 9.22. The number of thioether (sulfide) groups is 1. The van der Waals surface area contributed by atoms with Crippen molar-refractivity contribution in [2.75, 3.05) is 18.8 Å². The Morgan fingerprint density at radius 2 is 2.04 bits per heavy atom. The summed E-state index contributed by atoms with van der Waals surface area (Å²) in [4.78, 5) is 27.0. The van der Waals surface area contributed by atoms with Gasteiger partial charge in [-0.15, -0.1) is 11.8 Å². The fraction of sp³-hybridized carbons (Fsp3) is 0.556. The number of carbonyl (C=O) groups is 2. The van der Waals surface area contributed by atoms with E-state index in [4.69, 9.17) is 11.6 Å². The molecule has 0 aliphatic rings. The van der Waals surface area contributed by atoms with Crippen LogP contribution in [0.25, 0.3) is 0 Å². The number of benzene rings is 1. The van der Waals surface area contributed by atoms with E-state index in [-0.39, 0.29) is 11.8 Å². The van der Waals surface area contributed by atoms with Crippen molar-refractivity contribution >= 4 is 35.2 Å². The number of hydrogen-bond donors (Lipinski definition) is 1. The van der Waals surface area contributed by atoms with Gasteiger partial charge in [0.15, 0.2) is 0 Å². The van der Waals surface area contributed by atoms with Crippen molar-refractivity contribution in [3.05, 3.63) is 28.8 Å². The molecule has 2 amide bonds. The summed E-state index contributed by atoms with van der Waals surface area (Å²) in [7, 11) is 0. The van der Waals surface area contributed by atoms with Crippen LogP contribution in [-0.4, -0.2) is 41.6 Å². The quantitative estimate of drug-likeness (QED) is 0.671. The fourth-order valence-electron chi connectivity index (χ4n) is 2.26. The summed E-state index contributed by atoms with van der Waals surface area (Å²) in [6.07, 6.45) is 2.00. The third kappa shape index (κ3) is 6.73. The fourth-order valence-corrected chi connectivity index (χ4v) is 3.45. The summed E-state index contributed by atoms with van der Waals surface area (Å²) in [5, 5.41) is 3.49. The predicted molar refractivity (Wildman–Crippen MR) is 102 cm³/mol. The summed E-state index contributed by atoms with van der Waals surface area (Å²) in [5.74, 6) is 0.273. The molecule has 6 heteroatoms. The highest BCUT2D eigenvalue weighted by atomic mass is 35.5. The Balaban J connectivity index is 2.78. The molecular formula is C18H27ClN2O2S. The normalized spacial score (nSPS) is 11.9. The lowest BCUT2D eigenvalue weighted by molar-refractivity contribution is -0.135. The molecular weight excluding hydrogens is 344 g/mol. The van der Waals surface area contributed by atoms with Crippen LogP contribution >= 0.6 is 23.4 Å². The van der Waals surface area contributed by atoms with E-state index in [1.807, 2.05) is 36.9 Å². The first kappa shape index (κ1) is 20.8. The Hall–Kier alpha value is -1.20. The molecule has 0 heterocycles. The van der Waals surface area contributed by atoms with Gasteiger partial charge in [0, 0.05) is 35.7 Å². The van der Waals surface area contributed by atoms with Gasteiger partial charge in [0.25, 0.3) is 0 Å².